The number of benzene rings is 1. The summed E-state index contributed by atoms with van der Waals surface area (Å²) in [4.78, 5) is 28.8. The van der Waals surface area contributed by atoms with Crippen LogP contribution in [0.5, 0.6) is 11.5 Å². The Hall–Kier alpha value is -3.09. The van der Waals surface area contributed by atoms with Crippen molar-refractivity contribution in [2.24, 2.45) is 11.8 Å². The molecule has 0 aliphatic heterocycles. The zero-order valence-electron chi connectivity index (χ0n) is 19.0. The molecule has 0 saturated carbocycles. The minimum Gasteiger partial charge on any atom is -0.493 e. The zero-order valence-corrected chi connectivity index (χ0v) is 19.0. The maximum absolute atomic E-state index is 12.7. The molecule has 0 bridgehead atoms. The van der Waals surface area contributed by atoms with E-state index in [0.717, 1.165) is 11.1 Å². The molecule has 2 rings (SSSR count). The molecule has 1 unspecified atom stereocenters. The highest BCUT2D eigenvalue weighted by Crippen LogP contribution is 2.28. The quantitative estimate of drug-likeness (QED) is 0.573. The van der Waals surface area contributed by atoms with E-state index in [9.17, 15) is 9.59 Å². The molecular formula is C24H33N3O4. The number of amides is 2. The first-order chi connectivity index (χ1) is 14.8. The van der Waals surface area contributed by atoms with Gasteiger partial charge in [-0.25, -0.2) is 0 Å². The van der Waals surface area contributed by atoms with E-state index in [-0.39, 0.29) is 23.7 Å². The Morgan fingerprint density at radius 3 is 2.32 bits per heavy atom. The van der Waals surface area contributed by atoms with Crippen LogP contribution in [0.1, 0.15) is 45.2 Å². The molecule has 0 spiro atoms. The molecule has 2 N–H and O–H groups in total. The second kappa shape index (κ2) is 11.9. The molecule has 7 nitrogen and oxygen atoms in total. The molecule has 0 saturated heterocycles. The van der Waals surface area contributed by atoms with Gasteiger partial charge < -0.3 is 20.1 Å². The van der Waals surface area contributed by atoms with Crippen molar-refractivity contribution in [3.63, 3.8) is 0 Å². The molecule has 2 aromatic rings. The van der Waals surface area contributed by atoms with Crippen LogP contribution in [0.15, 0.2) is 42.7 Å². The summed E-state index contributed by atoms with van der Waals surface area (Å²) in [7, 11) is 1.58. The van der Waals surface area contributed by atoms with Gasteiger partial charge in [-0.15, -0.1) is 0 Å². The Morgan fingerprint density at radius 1 is 1.00 bits per heavy atom. The van der Waals surface area contributed by atoms with Gasteiger partial charge in [-0.1, -0.05) is 33.8 Å². The lowest BCUT2D eigenvalue weighted by molar-refractivity contribution is -0.130. The van der Waals surface area contributed by atoms with E-state index in [0.29, 0.717) is 31.1 Å². The molecule has 31 heavy (non-hydrogen) atoms. The second-order valence-corrected chi connectivity index (χ2v) is 8.23. The molecule has 2 amide bonds. The third-order valence-electron chi connectivity index (χ3n) is 4.70. The minimum atomic E-state index is -0.573. The van der Waals surface area contributed by atoms with Gasteiger partial charge in [0, 0.05) is 25.4 Å². The van der Waals surface area contributed by atoms with E-state index in [1.165, 1.54) is 0 Å². The van der Waals surface area contributed by atoms with E-state index >= 15 is 0 Å². The number of hydrogen-bond acceptors (Lipinski definition) is 5. The van der Waals surface area contributed by atoms with Crippen molar-refractivity contribution in [1.29, 1.82) is 0 Å². The van der Waals surface area contributed by atoms with Crippen LogP contribution < -0.4 is 20.1 Å². The SMILES string of the molecule is COc1cc(CNC(=O)C(NC(=O)CC(C)C)C(C)C)ccc1OCc1ccncc1. The largest absolute Gasteiger partial charge is 0.493 e. The smallest absolute Gasteiger partial charge is 0.243 e. The fraction of sp³-hybridized carbons (Fsp3) is 0.458. The maximum atomic E-state index is 12.7. The Labute approximate surface area is 184 Å². The van der Waals surface area contributed by atoms with Crippen molar-refractivity contribution >= 4 is 11.8 Å². The fourth-order valence-corrected chi connectivity index (χ4v) is 3.02. The lowest BCUT2D eigenvalue weighted by Crippen LogP contribution is -2.49. The molecule has 1 aromatic heterocycles. The van der Waals surface area contributed by atoms with Crippen LogP contribution in [0.4, 0.5) is 0 Å². The first kappa shape index (κ1) is 24.2. The van der Waals surface area contributed by atoms with Crippen molar-refractivity contribution in [2.75, 3.05) is 7.11 Å². The highest BCUT2D eigenvalue weighted by Gasteiger charge is 2.24. The first-order valence-electron chi connectivity index (χ1n) is 10.6. The highest BCUT2D eigenvalue weighted by atomic mass is 16.5. The number of carbonyl (C=O) groups excluding carboxylic acids is 2. The van der Waals surface area contributed by atoms with Gasteiger partial charge in [-0.05, 0) is 47.2 Å². The molecule has 7 heteroatoms. The predicted octanol–water partition coefficient (Wildman–Crippen LogP) is 3.47. The third-order valence-corrected chi connectivity index (χ3v) is 4.70. The average Bonchev–Trinajstić information content (AvgIpc) is 2.74. The third kappa shape index (κ3) is 7.92. The Morgan fingerprint density at radius 2 is 1.71 bits per heavy atom. The van der Waals surface area contributed by atoms with Crippen LogP contribution in [-0.2, 0) is 22.7 Å². The van der Waals surface area contributed by atoms with Gasteiger partial charge in [0.1, 0.15) is 12.6 Å². The summed E-state index contributed by atoms with van der Waals surface area (Å²) < 4.78 is 11.3. The van der Waals surface area contributed by atoms with Crippen molar-refractivity contribution in [3.8, 4) is 11.5 Å². The summed E-state index contributed by atoms with van der Waals surface area (Å²) in [6.07, 6.45) is 3.84. The summed E-state index contributed by atoms with van der Waals surface area (Å²) in [6.45, 7) is 8.50. The first-order valence-corrected chi connectivity index (χ1v) is 10.6. The van der Waals surface area contributed by atoms with Crippen molar-refractivity contribution < 1.29 is 19.1 Å². The summed E-state index contributed by atoms with van der Waals surface area (Å²) in [5.74, 6) is 1.12. The molecule has 1 atom stereocenters. The Balaban J connectivity index is 1.96. The van der Waals surface area contributed by atoms with Crippen molar-refractivity contribution in [2.45, 2.75) is 53.3 Å². The van der Waals surface area contributed by atoms with Crippen LogP contribution >= 0.6 is 0 Å². The molecule has 0 fully saturated rings. The van der Waals surface area contributed by atoms with Crippen LogP contribution in [0.3, 0.4) is 0 Å². The number of aromatic nitrogens is 1. The van der Waals surface area contributed by atoms with Gasteiger partial charge in [0.2, 0.25) is 11.8 Å². The summed E-state index contributed by atoms with van der Waals surface area (Å²) >= 11 is 0. The number of hydrogen-bond donors (Lipinski definition) is 2. The van der Waals surface area contributed by atoms with E-state index < -0.39 is 6.04 Å². The van der Waals surface area contributed by atoms with Gasteiger partial charge in [-0.3, -0.25) is 14.6 Å². The number of rotatable bonds is 11. The van der Waals surface area contributed by atoms with E-state index in [1.807, 2.05) is 58.0 Å². The van der Waals surface area contributed by atoms with Gasteiger partial charge in [0.25, 0.3) is 0 Å². The number of methoxy groups -OCH3 is 1. The molecule has 168 valence electrons. The van der Waals surface area contributed by atoms with Gasteiger partial charge in [0.05, 0.1) is 7.11 Å². The normalized spacial score (nSPS) is 11.8. The summed E-state index contributed by atoms with van der Waals surface area (Å²) in [5.41, 5.74) is 1.88. The number of nitrogens with zero attached hydrogens (tertiary/aromatic N) is 1. The number of ether oxygens (including phenoxy) is 2. The van der Waals surface area contributed by atoms with Crippen molar-refractivity contribution in [1.82, 2.24) is 15.6 Å². The molecule has 1 heterocycles. The van der Waals surface area contributed by atoms with Gasteiger partial charge in [0.15, 0.2) is 11.5 Å². The Kier molecular flexibility index (Phi) is 9.31. The molecule has 0 radical (unpaired) electrons. The molecule has 0 aliphatic rings. The number of carbonyl (C=O) groups is 2. The Bertz CT molecular complexity index is 853. The van der Waals surface area contributed by atoms with Crippen LogP contribution in [-0.4, -0.2) is 29.9 Å². The van der Waals surface area contributed by atoms with Crippen LogP contribution in [0.25, 0.3) is 0 Å². The van der Waals surface area contributed by atoms with E-state index in [2.05, 4.69) is 15.6 Å². The molecule has 0 aliphatic carbocycles. The maximum Gasteiger partial charge on any atom is 0.243 e. The van der Waals surface area contributed by atoms with Gasteiger partial charge >= 0.3 is 0 Å². The highest BCUT2D eigenvalue weighted by molar-refractivity contribution is 5.87. The van der Waals surface area contributed by atoms with E-state index in [1.54, 1.807) is 19.5 Å². The van der Waals surface area contributed by atoms with Crippen LogP contribution in [0.2, 0.25) is 0 Å². The topological polar surface area (TPSA) is 89.6 Å². The average molecular weight is 428 g/mol. The van der Waals surface area contributed by atoms with Gasteiger partial charge in [-0.2, -0.15) is 0 Å². The summed E-state index contributed by atoms with van der Waals surface area (Å²) in [5, 5.41) is 5.76. The van der Waals surface area contributed by atoms with Crippen LogP contribution in [0, 0.1) is 11.8 Å². The summed E-state index contributed by atoms with van der Waals surface area (Å²) in [6, 6.07) is 8.75. The minimum absolute atomic E-state index is 0.0189. The molecule has 1 aromatic carbocycles. The van der Waals surface area contributed by atoms with Crippen molar-refractivity contribution in [3.05, 3.63) is 53.9 Å². The van der Waals surface area contributed by atoms with E-state index in [4.69, 9.17) is 9.47 Å². The fourth-order valence-electron chi connectivity index (χ4n) is 3.02. The predicted molar refractivity (Wildman–Crippen MR) is 120 cm³/mol. The lowest BCUT2D eigenvalue weighted by Gasteiger charge is -2.22. The molecular weight excluding hydrogens is 394 g/mol. The zero-order chi connectivity index (χ0) is 22.8. The monoisotopic (exact) mass is 427 g/mol. The lowest BCUT2D eigenvalue weighted by atomic mass is 10.0. The standard InChI is InChI=1S/C24H33N3O4/c1-16(2)12-22(28)27-23(17(3)4)24(29)26-14-19-6-7-20(21(13-19)30-5)31-15-18-8-10-25-11-9-18/h6-11,13,16-17,23H,12,14-15H2,1-5H3,(H,26,29)(H,27,28). The second-order valence-electron chi connectivity index (χ2n) is 8.23. The number of nitrogens with one attached hydrogen (secondary N) is 2. The number of pyridine rings is 1.